The van der Waals surface area contributed by atoms with E-state index in [1.54, 1.807) is 19.1 Å². The molecular formula is C27H34N2O5. The zero-order valence-corrected chi connectivity index (χ0v) is 19.8. The number of phenolic OH excluding ortho intramolecular Hbond substituents is 1. The van der Waals surface area contributed by atoms with Crippen LogP contribution in [0.3, 0.4) is 0 Å². The Bertz CT molecular complexity index is 1080. The molecule has 3 N–H and O–H groups in total. The molecule has 2 saturated carbocycles. The summed E-state index contributed by atoms with van der Waals surface area (Å²) in [6, 6.07) is 3.73. The molecule has 1 aromatic carbocycles. The number of phenols is 1. The monoisotopic (exact) mass is 466 g/mol. The molecule has 5 aliphatic rings. The standard InChI is InChI=1S/C27H34N2O5/c1-16(30)3-2-11-28-22(32)14-19-8-9-27(33)21-13-18-6-7-20(31)24-23(18)26(27,25(19)34-24)10-12-29(21)15-17-4-5-17/h6-7,14,17,21,25,31,33H,2-5,8-13,15H2,1H3,(H,28,32)/b19-14+/t21-,25+,26+,27-/m1/s1. The fourth-order valence-corrected chi connectivity index (χ4v) is 7.25. The highest BCUT2D eigenvalue weighted by atomic mass is 16.5. The van der Waals surface area contributed by atoms with Crippen molar-refractivity contribution >= 4 is 11.7 Å². The lowest BCUT2D eigenvalue weighted by molar-refractivity contribution is -0.174. The number of nitrogens with one attached hydrogen (secondary N) is 1. The maximum Gasteiger partial charge on any atom is 0.244 e. The van der Waals surface area contributed by atoms with Crippen LogP contribution in [0.15, 0.2) is 23.8 Å². The topological polar surface area (TPSA) is 99.1 Å². The molecule has 2 heterocycles. The minimum absolute atomic E-state index is 0.0258. The summed E-state index contributed by atoms with van der Waals surface area (Å²) in [6.45, 7) is 3.94. The third kappa shape index (κ3) is 3.16. The van der Waals surface area contributed by atoms with Crippen LogP contribution in [0.25, 0.3) is 0 Å². The van der Waals surface area contributed by atoms with Gasteiger partial charge in [-0.05, 0) is 81.5 Å². The van der Waals surface area contributed by atoms with E-state index in [2.05, 4.69) is 10.2 Å². The summed E-state index contributed by atoms with van der Waals surface area (Å²) >= 11 is 0. The van der Waals surface area contributed by atoms with E-state index in [1.807, 2.05) is 6.07 Å². The third-order valence-electron chi connectivity index (χ3n) is 8.97. The van der Waals surface area contributed by atoms with Crippen molar-refractivity contribution in [2.75, 3.05) is 19.6 Å². The summed E-state index contributed by atoms with van der Waals surface area (Å²) in [4.78, 5) is 26.4. The second-order valence-corrected chi connectivity index (χ2v) is 11.1. The average Bonchev–Trinajstić information content (AvgIpc) is 3.53. The van der Waals surface area contributed by atoms with Gasteiger partial charge in [-0.15, -0.1) is 0 Å². The Hall–Kier alpha value is -2.38. The Balaban J connectivity index is 1.35. The number of ether oxygens (including phenoxy) is 1. The number of ketones is 1. The Morgan fingerprint density at radius 1 is 1.29 bits per heavy atom. The number of carbonyl (C=O) groups excluding carboxylic acids is 2. The van der Waals surface area contributed by atoms with Crippen LogP contribution in [0, 0.1) is 5.92 Å². The molecule has 1 spiro atoms. The number of piperidine rings is 1. The summed E-state index contributed by atoms with van der Waals surface area (Å²) in [5.74, 6) is 1.27. The number of aromatic hydroxyl groups is 1. The second kappa shape index (κ2) is 7.82. The highest BCUT2D eigenvalue weighted by molar-refractivity contribution is 5.88. The first-order chi connectivity index (χ1) is 16.3. The lowest BCUT2D eigenvalue weighted by Crippen LogP contribution is -2.75. The van der Waals surface area contributed by atoms with Gasteiger partial charge in [0.25, 0.3) is 0 Å². The van der Waals surface area contributed by atoms with E-state index in [4.69, 9.17) is 4.74 Å². The van der Waals surface area contributed by atoms with Crippen molar-refractivity contribution in [3.05, 3.63) is 34.9 Å². The molecule has 7 nitrogen and oxygen atoms in total. The van der Waals surface area contributed by atoms with Gasteiger partial charge in [0.15, 0.2) is 11.5 Å². The van der Waals surface area contributed by atoms with E-state index >= 15 is 0 Å². The van der Waals surface area contributed by atoms with Gasteiger partial charge in [0, 0.05) is 37.2 Å². The van der Waals surface area contributed by atoms with Crippen LogP contribution in [0.1, 0.15) is 63.0 Å². The van der Waals surface area contributed by atoms with E-state index in [0.717, 1.165) is 48.5 Å². The van der Waals surface area contributed by atoms with Crippen molar-refractivity contribution in [3.63, 3.8) is 0 Å². The number of aliphatic hydroxyl groups is 1. The van der Waals surface area contributed by atoms with Crippen LogP contribution in [0.2, 0.25) is 0 Å². The molecule has 2 aliphatic heterocycles. The van der Waals surface area contributed by atoms with Crippen LogP contribution in [-0.4, -0.2) is 64.2 Å². The molecule has 1 saturated heterocycles. The SMILES string of the molecule is CC(=O)CCCNC(=O)/C=C1\CC[C@@]2(O)[C@H]3Cc4ccc(O)c5c4[C@@]2(CCN3CC2CC2)[C@H]1O5. The highest BCUT2D eigenvalue weighted by Crippen LogP contribution is 2.66. The van der Waals surface area contributed by atoms with E-state index in [-0.39, 0.29) is 23.5 Å². The molecule has 6 rings (SSSR count). The van der Waals surface area contributed by atoms with Gasteiger partial charge < -0.3 is 25.1 Å². The lowest BCUT2D eigenvalue weighted by atomic mass is 9.48. The summed E-state index contributed by atoms with van der Waals surface area (Å²) < 4.78 is 6.45. The molecular weight excluding hydrogens is 432 g/mol. The molecule has 182 valence electrons. The van der Waals surface area contributed by atoms with Gasteiger partial charge in [0.2, 0.25) is 5.91 Å². The van der Waals surface area contributed by atoms with Gasteiger partial charge in [-0.1, -0.05) is 6.07 Å². The van der Waals surface area contributed by atoms with Gasteiger partial charge in [0.1, 0.15) is 11.9 Å². The fraction of sp³-hybridized carbons (Fsp3) is 0.630. The van der Waals surface area contributed by atoms with Crippen molar-refractivity contribution in [2.45, 2.75) is 81.5 Å². The molecule has 0 radical (unpaired) electrons. The summed E-state index contributed by atoms with van der Waals surface area (Å²) in [6.07, 6.45) is 7.49. The number of hydrogen-bond donors (Lipinski definition) is 3. The molecule has 4 atom stereocenters. The number of amides is 1. The van der Waals surface area contributed by atoms with Gasteiger partial charge in [0.05, 0.1) is 11.0 Å². The average molecular weight is 467 g/mol. The molecule has 0 unspecified atom stereocenters. The van der Waals surface area contributed by atoms with Crippen LogP contribution in [0.4, 0.5) is 0 Å². The minimum atomic E-state index is -0.952. The number of benzene rings is 1. The molecule has 1 amide bonds. The van der Waals surface area contributed by atoms with Gasteiger partial charge in [-0.3, -0.25) is 9.69 Å². The van der Waals surface area contributed by atoms with Crippen molar-refractivity contribution < 1.29 is 24.5 Å². The normalized spacial score (nSPS) is 34.5. The predicted molar refractivity (Wildman–Crippen MR) is 126 cm³/mol. The molecule has 0 aromatic heterocycles. The lowest BCUT2D eigenvalue weighted by Gasteiger charge is -2.63. The first-order valence-electron chi connectivity index (χ1n) is 12.8. The number of rotatable bonds is 7. The molecule has 34 heavy (non-hydrogen) atoms. The van der Waals surface area contributed by atoms with Crippen LogP contribution in [-0.2, 0) is 21.4 Å². The number of Topliss-reactive ketones (excluding diaryl/α,β-unsaturated/α-hetero) is 1. The van der Waals surface area contributed by atoms with Gasteiger partial charge >= 0.3 is 0 Å². The number of likely N-dealkylation sites (tertiary alicyclic amines) is 1. The number of carbonyl (C=O) groups is 2. The Kier molecular flexibility index (Phi) is 5.08. The smallest absolute Gasteiger partial charge is 0.244 e. The highest BCUT2D eigenvalue weighted by Gasteiger charge is 2.72. The Morgan fingerprint density at radius 3 is 2.88 bits per heavy atom. The van der Waals surface area contributed by atoms with E-state index in [0.29, 0.717) is 38.0 Å². The quantitative estimate of drug-likeness (QED) is 0.422. The largest absolute Gasteiger partial charge is 0.504 e. The molecule has 7 heteroatoms. The van der Waals surface area contributed by atoms with Crippen molar-refractivity contribution in [2.24, 2.45) is 5.92 Å². The summed E-state index contributed by atoms with van der Waals surface area (Å²) in [5.41, 5.74) is 1.41. The first kappa shape index (κ1) is 22.1. The first-order valence-corrected chi connectivity index (χ1v) is 12.8. The second-order valence-electron chi connectivity index (χ2n) is 11.1. The molecule has 3 aliphatic carbocycles. The predicted octanol–water partition coefficient (Wildman–Crippen LogP) is 2.37. The van der Waals surface area contributed by atoms with E-state index in [1.165, 1.54) is 12.8 Å². The molecule has 1 aromatic rings. The van der Waals surface area contributed by atoms with Gasteiger partial charge in [-0.25, -0.2) is 0 Å². The van der Waals surface area contributed by atoms with Crippen molar-refractivity contribution in [1.29, 1.82) is 0 Å². The van der Waals surface area contributed by atoms with Crippen molar-refractivity contribution in [3.8, 4) is 11.5 Å². The summed E-state index contributed by atoms with van der Waals surface area (Å²) in [5, 5.41) is 26.0. The van der Waals surface area contributed by atoms with Crippen LogP contribution < -0.4 is 10.1 Å². The zero-order chi connectivity index (χ0) is 23.7. The fourth-order valence-electron chi connectivity index (χ4n) is 7.25. The molecule has 3 fully saturated rings. The number of nitrogens with zero attached hydrogens (tertiary/aromatic N) is 1. The van der Waals surface area contributed by atoms with Crippen molar-refractivity contribution in [1.82, 2.24) is 10.2 Å². The van der Waals surface area contributed by atoms with Crippen LogP contribution in [0.5, 0.6) is 11.5 Å². The van der Waals surface area contributed by atoms with Gasteiger partial charge in [-0.2, -0.15) is 0 Å². The Labute approximate surface area is 200 Å². The molecule has 2 bridgehead atoms. The minimum Gasteiger partial charge on any atom is -0.504 e. The maximum atomic E-state index is 12.7. The number of hydrogen-bond acceptors (Lipinski definition) is 6. The van der Waals surface area contributed by atoms with E-state index in [9.17, 15) is 19.8 Å². The zero-order valence-electron chi connectivity index (χ0n) is 19.8. The third-order valence-corrected chi connectivity index (χ3v) is 8.97. The summed E-state index contributed by atoms with van der Waals surface area (Å²) in [7, 11) is 0. The van der Waals surface area contributed by atoms with Crippen LogP contribution >= 0.6 is 0 Å². The Morgan fingerprint density at radius 2 is 2.12 bits per heavy atom. The maximum absolute atomic E-state index is 12.7. The van der Waals surface area contributed by atoms with E-state index < -0.39 is 17.1 Å².